The van der Waals surface area contributed by atoms with E-state index in [4.69, 9.17) is 13.9 Å². The Hall–Kier alpha value is -3.87. The third kappa shape index (κ3) is 5.85. The van der Waals surface area contributed by atoms with Gasteiger partial charge in [0, 0.05) is 17.7 Å². The van der Waals surface area contributed by atoms with Crippen LogP contribution in [0.1, 0.15) is 25.3 Å². The highest BCUT2D eigenvalue weighted by molar-refractivity contribution is 5.92. The maximum atomic E-state index is 12.9. The van der Waals surface area contributed by atoms with Crippen LogP contribution in [0.15, 0.2) is 71.7 Å². The molecule has 0 atom stereocenters. The molecule has 1 heterocycles. The lowest BCUT2D eigenvalue weighted by molar-refractivity contribution is -0.128. The number of benzene rings is 2. The summed E-state index contributed by atoms with van der Waals surface area (Å²) in [7, 11) is 1.57. The molecule has 0 bridgehead atoms. The van der Waals surface area contributed by atoms with Gasteiger partial charge in [-0.3, -0.25) is 4.79 Å². The second kappa shape index (κ2) is 10.9. The van der Waals surface area contributed by atoms with Crippen molar-refractivity contribution in [3.05, 3.63) is 78.7 Å². The van der Waals surface area contributed by atoms with Gasteiger partial charge in [-0.15, -0.1) is 10.2 Å². The van der Waals surface area contributed by atoms with E-state index in [9.17, 15) is 4.79 Å². The second-order valence-corrected chi connectivity index (χ2v) is 7.27. The Morgan fingerprint density at radius 3 is 2.62 bits per heavy atom. The minimum atomic E-state index is -0.162. The number of nitrogens with zero attached hydrogens (tertiary/aromatic N) is 3. The molecular weight excluding hydrogens is 406 g/mol. The highest BCUT2D eigenvalue weighted by atomic mass is 16.5. The first-order valence-corrected chi connectivity index (χ1v) is 10.3. The van der Waals surface area contributed by atoms with E-state index in [1.54, 1.807) is 30.2 Å². The van der Waals surface area contributed by atoms with Crippen LogP contribution in [0.5, 0.6) is 11.5 Å². The molecule has 1 amide bonds. The Labute approximate surface area is 188 Å². The van der Waals surface area contributed by atoms with Crippen LogP contribution in [-0.2, 0) is 11.3 Å². The summed E-state index contributed by atoms with van der Waals surface area (Å²) in [6.07, 6.45) is 4.92. The predicted octanol–water partition coefficient (Wildman–Crippen LogP) is 4.76. The molecule has 0 aliphatic carbocycles. The lowest BCUT2D eigenvalue weighted by Crippen LogP contribution is -2.35. The maximum absolute atomic E-state index is 12.9. The number of hydrogen-bond acceptors (Lipinski definition) is 6. The zero-order chi connectivity index (χ0) is 22.9. The van der Waals surface area contributed by atoms with Gasteiger partial charge in [0.25, 0.3) is 0 Å². The first kappa shape index (κ1) is 22.8. The van der Waals surface area contributed by atoms with E-state index < -0.39 is 0 Å². The second-order valence-electron chi connectivity index (χ2n) is 7.27. The zero-order valence-corrected chi connectivity index (χ0v) is 18.5. The van der Waals surface area contributed by atoms with Crippen LogP contribution >= 0.6 is 0 Å². The summed E-state index contributed by atoms with van der Waals surface area (Å²) in [6, 6.07) is 14.9. The third-order valence-electron chi connectivity index (χ3n) is 4.66. The van der Waals surface area contributed by atoms with Crippen molar-refractivity contribution in [1.29, 1.82) is 0 Å². The number of hydrogen-bond donors (Lipinski definition) is 0. The standard InChI is InChI=1S/C25H27N3O4/c1-5-15-31-21-13-11-19(16-22(21)30-4)12-14-24(29)28(18(2)3)17-23-26-27-25(32-23)20-9-7-6-8-10-20/h5-14,16,18H,1,15,17H2,2-4H3/b14-12+. The van der Waals surface area contributed by atoms with Crippen molar-refractivity contribution in [2.45, 2.75) is 26.4 Å². The number of carbonyl (C=O) groups is 1. The van der Waals surface area contributed by atoms with Crippen LogP contribution in [0.25, 0.3) is 17.5 Å². The van der Waals surface area contributed by atoms with Crippen molar-refractivity contribution in [1.82, 2.24) is 15.1 Å². The molecule has 2 aromatic carbocycles. The van der Waals surface area contributed by atoms with Crippen molar-refractivity contribution in [3.63, 3.8) is 0 Å². The highest BCUT2D eigenvalue weighted by Gasteiger charge is 2.19. The first-order chi connectivity index (χ1) is 15.5. The summed E-state index contributed by atoms with van der Waals surface area (Å²) in [5.74, 6) is 1.85. The fourth-order valence-electron chi connectivity index (χ4n) is 2.99. The Kier molecular flexibility index (Phi) is 7.80. The van der Waals surface area contributed by atoms with Gasteiger partial charge >= 0.3 is 0 Å². The van der Waals surface area contributed by atoms with Gasteiger partial charge in [-0.2, -0.15) is 0 Å². The van der Waals surface area contributed by atoms with E-state index in [2.05, 4.69) is 16.8 Å². The van der Waals surface area contributed by atoms with Crippen LogP contribution in [0.3, 0.4) is 0 Å². The largest absolute Gasteiger partial charge is 0.493 e. The van der Waals surface area contributed by atoms with Gasteiger partial charge in [-0.05, 0) is 49.8 Å². The van der Waals surface area contributed by atoms with Crippen molar-refractivity contribution in [3.8, 4) is 23.0 Å². The fraction of sp³-hybridized carbons (Fsp3) is 0.240. The third-order valence-corrected chi connectivity index (χ3v) is 4.66. The quantitative estimate of drug-likeness (QED) is 0.339. The van der Waals surface area contributed by atoms with E-state index in [0.29, 0.717) is 29.9 Å². The van der Waals surface area contributed by atoms with Crippen LogP contribution in [-0.4, -0.2) is 40.8 Å². The Balaban J connectivity index is 1.71. The molecule has 7 heteroatoms. The summed E-state index contributed by atoms with van der Waals surface area (Å²) < 4.78 is 16.7. The normalized spacial score (nSPS) is 11.0. The van der Waals surface area contributed by atoms with Gasteiger partial charge in [0.1, 0.15) is 6.61 Å². The number of aromatic nitrogens is 2. The minimum absolute atomic E-state index is 0.0524. The summed E-state index contributed by atoms with van der Waals surface area (Å²) in [5, 5.41) is 8.20. The average Bonchev–Trinajstić information content (AvgIpc) is 3.29. The summed E-state index contributed by atoms with van der Waals surface area (Å²) in [5.41, 5.74) is 1.65. The molecule has 0 N–H and O–H groups in total. The van der Waals surface area contributed by atoms with Gasteiger partial charge in [0.05, 0.1) is 13.7 Å². The smallest absolute Gasteiger partial charge is 0.247 e. The average molecular weight is 434 g/mol. The SMILES string of the molecule is C=CCOc1ccc(/C=C/C(=O)N(Cc2nnc(-c3ccccc3)o2)C(C)C)cc1OC. The van der Waals surface area contributed by atoms with E-state index >= 15 is 0 Å². The molecule has 0 unspecified atom stereocenters. The molecule has 0 radical (unpaired) electrons. The van der Waals surface area contributed by atoms with Crippen LogP contribution in [0, 0.1) is 0 Å². The van der Waals surface area contributed by atoms with Gasteiger partial charge in [0.15, 0.2) is 11.5 Å². The molecule has 0 spiro atoms. The summed E-state index contributed by atoms with van der Waals surface area (Å²) in [4.78, 5) is 14.5. The molecule has 0 aliphatic rings. The van der Waals surface area contributed by atoms with Gasteiger partial charge in [-0.1, -0.05) is 36.9 Å². The van der Waals surface area contributed by atoms with E-state index in [1.165, 1.54) is 6.08 Å². The van der Waals surface area contributed by atoms with E-state index in [1.807, 2.05) is 56.3 Å². The number of rotatable bonds is 10. The monoisotopic (exact) mass is 433 g/mol. The molecule has 7 nitrogen and oxygen atoms in total. The zero-order valence-electron chi connectivity index (χ0n) is 18.5. The molecule has 32 heavy (non-hydrogen) atoms. The molecule has 166 valence electrons. The van der Waals surface area contributed by atoms with Crippen molar-refractivity contribution < 1.29 is 18.7 Å². The molecule has 0 aliphatic heterocycles. The molecule has 0 saturated heterocycles. The molecule has 0 fully saturated rings. The lowest BCUT2D eigenvalue weighted by atomic mass is 10.1. The number of ether oxygens (including phenoxy) is 2. The molecule has 3 rings (SSSR count). The first-order valence-electron chi connectivity index (χ1n) is 10.3. The predicted molar refractivity (Wildman–Crippen MR) is 123 cm³/mol. The van der Waals surface area contributed by atoms with Gasteiger partial charge in [-0.25, -0.2) is 0 Å². The number of carbonyl (C=O) groups excluding carboxylic acids is 1. The molecular formula is C25H27N3O4. The lowest BCUT2D eigenvalue weighted by Gasteiger charge is -2.23. The summed E-state index contributed by atoms with van der Waals surface area (Å²) >= 11 is 0. The van der Waals surface area contributed by atoms with Crippen molar-refractivity contribution in [2.75, 3.05) is 13.7 Å². The number of methoxy groups -OCH3 is 1. The maximum Gasteiger partial charge on any atom is 0.247 e. The van der Waals surface area contributed by atoms with Gasteiger partial charge < -0.3 is 18.8 Å². The number of amides is 1. The molecule has 3 aromatic rings. The fourth-order valence-corrected chi connectivity index (χ4v) is 2.99. The Bertz CT molecular complexity index is 1070. The van der Waals surface area contributed by atoms with Crippen LogP contribution < -0.4 is 9.47 Å². The highest BCUT2D eigenvalue weighted by Crippen LogP contribution is 2.28. The Morgan fingerprint density at radius 1 is 1.16 bits per heavy atom. The Morgan fingerprint density at radius 2 is 1.94 bits per heavy atom. The van der Waals surface area contributed by atoms with Crippen molar-refractivity contribution in [2.24, 2.45) is 0 Å². The summed E-state index contributed by atoms with van der Waals surface area (Å²) in [6.45, 7) is 8.12. The minimum Gasteiger partial charge on any atom is -0.493 e. The molecule has 1 aromatic heterocycles. The molecule has 0 saturated carbocycles. The van der Waals surface area contributed by atoms with Crippen LogP contribution in [0.4, 0.5) is 0 Å². The van der Waals surface area contributed by atoms with E-state index in [-0.39, 0.29) is 18.5 Å². The van der Waals surface area contributed by atoms with E-state index in [0.717, 1.165) is 11.1 Å². The van der Waals surface area contributed by atoms with Gasteiger partial charge in [0.2, 0.25) is 17.7 Å². The van der Waals surface area contributed by atoms with Crippen molar-refractivity contribution >= 4 is 12.0 Å². The topological polar surface area (TPSA) is 77.7 Å². The van der Waals surface area contributed by atoms with Crippen LogP contribution in [0.2, 0.25) is 0 Å².